The topological polar surface area (TPSA) is 66.5 Å². The first-order valence-electron chi connectivity index (χ1n) is 7.72. The Morgan fingerprint density at radius 3 is 2.30 bits per heavy atom. The van der Waals surface area contributed by atoms with Crippen molar-refractivity contribution in [1.82, 2.24) is 9.62 Å². The molecule has 0 bridgehead atoms. The van der Waals surface area contributed by atoms with Gasteiger partial charge in [0.25, 0.3) is 0 Å². The minimum atomic E-state index is -3.18. The van der Waals surface area contributed by atoms with E-state index in [0.29, 0.717) is 19.1 Å². The number of carbonyl (C=O) groups is 1. The zero-order valence-corrected chi connectivity index (χ0v) is 13.1. The summed E-state index contributed by atoms with van der Waals surface area (Å²) in [6.45, 7) is 0.892. The highest BCUT2D eigenvalue weighted by molar-refractivity contribution is 7.88. The maximum absolute atomic E-state index is 12.3. The van der Waals surface area contributed by atoms with Gasteiger partial charge in [-0.05, 0) is 25.7 Å². The van der Waals surface area contributed by atoms with Gasteiger partial charge < -0.3 is 5.32 Å². The molecule has 0 spiro atoms. The predicted molar refractivity (Wildman–Crippen MR) is 78.8 cm³/mol. The SMILES string of the molecule is CS(=O)(=O)N1CCC[C@H](C(=O)NC2CCCCCC2)C1. The molecule has 1 atom stereocenters. The first-order valence-corrected chi connectivity index (χ1v) is 9.57. The fourth-order valence-electron chi connectivity index (χ4n) is 3.20. The van der Waals surface area contributed by atoms with Crippen LogP contribution in [-0.2, 0) is 14.8 Å². The Kier molecular flexibility index (Phi) is 5.43. The largest absolute Gasteiger partial charge is 0.353 e. The molecule has 6 heteroatoms. The van der Waals surface area contributed by atoms with Gasteiger partial charge in [-0.15, -0.1) is 0 Å². The van der Waals surface area contributed by atoms with E-state index < -0.39 is 10.0 Å². The number of carbonyl (C=O) groups excluding carboxylic acids is 1. The van der Waals surface area contributed by atoms with E-state index in [1.807, 2.05) is 0 Å². The van der Waals surface area contributed by atoms with Gasteiger partial charge in [0.2, 0.25) is 15.9 Å². The van der Waals surface area contributed by atoms with Crippen LogP contribution in [0.4, 0.5) is 0 Å². The van der Waals surface area contributed by atoms with E-state index in [2.05, 4.69) is 5.32 Å². The van der Waals surface area contributed by atoms with Crippen molar-refractivity contribution in [3.05, 3.63) is 0 Å². The summed E-state index contributed by atoms with van der Waals surface area (Å²) in [5.74, 6) is -0.132. The summed E-state index contributed by atoms with van der Waals surface area (Å²) in [5.41, 5.74) is 0. The van der Waals surface area contributed by atoms with Gasteiger partial charge in [0.15, 0.2) is 0 Å². The third-order valence-corrected chi connectivity index (χ3v) is 5.70. The van der Waals surface area contributed by atoms with E-state index >= 15 is 0 Å². The molecular weight excluding hydrogens is 276 g/mol. The van der Waals surface area contributed by atoms with Gasteiger partial charge in [0, 0.05) is 19.1 Å². The molecule has 20 heavy (non-hydrogen) atoms. The molecule has 2 rings (SSSR count). The number of hydrogen-bond donors (Lipinski definition) is 1. The average Bonchev–Trinajstić information content (AvgIpc) is 2.66. The monoisotopic (exact) mass is 302 g/mol. The Hall–Kier alpha value is -0.620. The van der Waals surface area contributed by atoms with Gasteiger partial charge in [-0.25, -0.2) is 12.7 Å². The lowest BCUT2D eigenvalue weighted by molar-refractivity contribution is -0.126. The van der Waals surface area contributed by atoms with Crippen molar-refractivity contribution in [3.8, 4) is 0 Å². The molecule has 0 aromatic rings. The van der Waals surface area contributed by atoms with Gasteiger partial charge in [0.05, 0.1) is 12.2 Å². The second-order valence-electron chi connectivity index (χ2n) is 6.16. The number of sulfonamides is 1. The summed E-state index contributed by atoms with van der Waals surface area (Å²) in [6, 6.07) is 0.290. The second kappa shape index (κ2) is 6.89. The standard InChI is InChI=1S/C14H26N2O3S/c1-20(18,19)16-10-6-7-12(11-16)14(17)15-13-8-4-2-3-5-9-13/h12-13H,2-11H2,1H3,(H,15,17)/t12-/m0/s1. The van der Waals surface area contributed by atoms with Gasteiger partial charge in [0.1, 0.15) is 0 Å². The Balaban J connectivity index is 1.88. The van der Waals surface area contributed by atoms with Crippen LogP contribution in [0, 0.1) is 5.92 Å². The predicted octanol–water partition coefficient (Wildman–Crippen LogP) is 1.50. The molecule has 1 aliphatic heterocycles. The first-order chi connectivity index (χ1) is 9.47. The van der Waals surface area contributed by atoms with Crippen LogP contribution >= 0.6 is 0 Å². The molecule has 0 aromatic heterocycles. The minimum Gasteiger partial charge on any atom is -0.353 e. The number of rotatable bonds is 3. The van der Waals surface area contributed by atoms with Crippen LogP contribution in [-0.4, -0.2) is 44.0 Å². The quantitative estimate of drug-likeness (QED) is 0.803. The Morgan fingerprint density at radius 1 is 1.05 bits per heavy atom. The van der Waals surface area contributed by atoms with Crippen LogP contribution in [0.15, 0.2) is 0 Å². The smallest absolute Gasteiger partial charge is 0.224 e. The van der Waals surface area contributed by atoms with Gasteiger partial charge in [-0.2, -0.15) is 0 Å². The molecule has 1 aliphatic carbocycles. The Bertz CT molecular complexity index is 428. The number of nitrogens with one attached hydrogen (secondary N) is 1. The van der Waals surface area contributed by atoms with E-state index in [1.165, 1.54) is 36.2 Å². The van der Waals surface area contributed by atoms with E-state index in [9.17, 15) is 13.2 Å². The van der Waals surface area contributed by atoms with Crippen LogP contribution in [0.5, 0.6) is 0 Å². The van der Waals surface area contributed by atoms with Gasteiger partial charge >= 0.3 is 0 Å². The van der Waals surface area contributed by atoms with E-state index in [1.54, 1.807) is 0 Å². The number of hydrogen-bond acceptors (Lipinski definition) is 3. The highest BCUT2D eigenvalue weighted by atomic mass is 32.2. The first kappa shape index (κ1) is 15.8. The maximum atomic E-state index is 12.3. The third-order valence-electron chi connectivity index (χ3n) is 4.43. The van der Waals surface area contributed by atoms with Crippen LogP contribution in [0.2, 0.25) is 0 Å². The highest BCUT2D eigenvalue weighted by Crippen LogP contribution is 2.21. The summed E-state index contributed by atoms with van der Waals surface area (Å²) in [4.78, 5) is 12.3. The summed E-state index contributed by atoms with van der Waals surface area (Å²) in [7, 11) is -3.18. The van der Waals surface area contributed by atoms with Gasteiger partial charge in [-0.1, -0.05) is 25.7 Å². The second-order valence-corrected chi connectivity index (χ2v) is 8.14. The van der Waals surface area contributed by atoms with Crippen molar-refractivity contribution < 1.29 is 13.2 Å². The van der Waals surface area contributed by atoms with Crippen LogP contribution < -0.4 is 5.32 Å². The van der Waals surface area contributed by atoms with E-state index in [0.717, 1.165) is 25.7 Å². The van der Waals surface area contributed by atoms with Crippen molar-refractivity contribution in [2.24, 2.45) is 5.92 Å². The molecule has 116 valence electrons. The molecule has 1 saturated heterocycles. The summed E-state index contributed by atoms with van der Waals surface area (Å²) < 4.78 is 24.6. The molecular formula is C14H26N2O3S. The summed E-state index contributed by atoms with van der Waals surface area (Å²) >= 11 is 0. The number of amides is 1. The fourth-order valence-corrected chi connectivity index (χ4v) is 4.11. The third kappa shape index (κ3) is 4.45. The summed E-state index contributed by atoms with van der Waals surface area (Å²) in [5, 5.41) is 3.14. The average molecular weight is 302 g/mol. The normalized spacial score (nSPS) is 26.9. The molecule has 1 saturated carbocycles. The lowest BCUT2D eigenvalue weighted by atomic mass is 9.97. The molecule has 0 unspecified atom stereocenters. The van der Waals surface area contributed by atoms with Gasteiger partial charge in [-0.3, -0.25) is 4.79 Å². The van der Waals surface area contributed by atoms with Crippen molar-refractivity contribution in [3.63, 3.8) is 0 Å². The maximum Gasteiger partial charge on any atom is 0.224 e. The molecule has 1 N–H and O–H groups in total. The van der Waals surface area contributed by atoms with Crippen molar-refractivity contribution >= 4 is 15.9 Å². The van der Waals surface area contributed by atoms with Crippen molar-refractivity contribution in [1.29, 1.82) is 0 Å². The zero-order chi connectivity index (χ0) is 14.6. The van der Waals surface area contributed by atoms with Crippen molar-refractivity contribution in [2.75, 3.05) is 19.3 Å². The molecule has 0 aromatic carbocycles. The summed E-state index contributed by atoms with van der Waals surface area (Å²) in [6.07, 6.45) is 9.81. The fraction of sp³-hybridized carbons (Fsp3) is 0.929. The number of piperidine rings is 1. The number of nitrogens with zero attached hydrogens (tertiary/aromatic N) is 1. The zero-order valence-electron chi connectivity index (χ0n) is 12.3. The molecule has 1 heterocycles. The van der Waals surface area contributed by atoms with Crippen LogP contribution in [0.25, 0.3) is 0 Å². The Morgan fingerprint density at radius 2 is 1.70 bits per heavy atom. The van der Waals surface area contributed by atoms with E-state index in [-0.39, 0.29) is 11.8 Å². The van der Waals surface area contributed by atoms with Crippen LogP contribution in [0.1, 0.15) is 51.4 Å². The molecule has 0 radical (unpaired) electrons. The van der Waals surface area contributed by atoms with E-state index in [4.69, 9.17) is 0 Å². The molecule has 5 nitrogen and oxygen atoms in total. The molecule has 1 amide bonds. The highest BCUT2D eigenvalue weighted by Gasteiger charge is 2.31. The lowest BCUT2D eigenvalue weighted by Crippen LogP contribution is -2.47. The molecule has 2 fully saturated rings. The van der Waals surface area contributed by atoms with Crippen LogP contribution in [0.3, 0.4) is 0 Å². The molecule has 2 aliphatic rings. The Labute approximate surface area is 122 Å². The minimum absolute atomic E-state index is 0.0465. The lowest BCUT2D eigenvalue weighted by Gasteiger charge is -2.31. The van der Waals surface area contributed by atoms with Crippen molar-refractivity contribution in [2.45, 2.75) is 57.4 Å².